The number of nitrogens with one attached hydrogen (secondary N) is 2. The van der Waals surface area contributed by atoms with E-state index in [-0.39, 0.29) is 12.5 Å². The van der Waals surface area contributed by atoms with E-state index in [0.29, 0.717) is 22.3 Å². The summed E-state index contributed by atoms with van der Waals surface area (Å²) in [5.74, 6) is 0.414. The van der Waals surface area contributed by atoms with Gasteiger partial charge in [0.05, 0.1) is 10.7 Å². The van der Waals surface area contributed by atoms with Crippen LogP contribution in [0.3, 0.4) is 0 Å². The summed E-state index contributed by atoms with van der Waals surface area (Å²) in [5, 5.41) is 7.25. The SMILES string of the molecule is Cc1ccc(NC(=O)COc2ccccc2CNc2cc(Cl)ccc2Cl)cc1. The lowest BCUT2D eigenvalue weighted by Crippen LogP contribution is -2.20. The Morgan fingerprint density at radius 2 is 1.75 bits per heavy atom. The second-order valence-electron chi connectivity index (χ2n) is 6.29. The summed E-state index contributed by atoms with van der Waals surface area (Å²) in [6, 6.07) is 20.4. The van der Waals surface area contributed by atoms with Gasteiger partial charge in [0.25, 0.3) is 5.91 Å². The Kier molecular flexibility index (Phi) is 6.80. The molecular weight excluding hydrogens is 395 g/mol. The van der Waals surface area contributed by atoms with Crippen LogP contribution in [0.25, 0.3) is 0 Å². The zero-order valence-corrected chi connectivity index (χ0v) is 16.8. The fraction of sp³-hybridized carbons (Fsp3) is 0.136. The maximum atomic E-state index is 12.2. The molecule has 0 radical (unpaired) electrons. The third kappa shape index (κ3) is 5.65. The fourth-order valence-corrected chi connectivity index (χ4v) is 2.95. The molecule has 3 aromatic rings. The van der Waals surface area contributed by atoms with Crippen LogP contribution in [0.4, 0.5) is 11.4 Å². The van der Waals surface area contributed by atoms with E-state index in [2.05, 4.69) is 10.6 Å². The smallest absolute Gasteiger partial charge is 0.262 e. The van der Waals surface area contributed by atoms with Gasteiger partial charge in [0.15, 0.2) is 6.61 Å². The molecule has 28 heavy (non-hydrogen) atoms. The molecule has 0 saturated heterocycles. The first-order valence-corrected chi connectivity index (χ1v) is 9.53. The molecule has 1 amide bonds. The Labute approximate surface area is 174 Å². The minimum atomic E-state index is -0.218. The normalized spacial score (nSPS) is 10.4. The zero-order valence-electron chi connectivity index (χ0n) is 15.3. The molecule has 4 nitrogen and oxygen atoms in total. The summed E-state index contributed by atoms with van der Waals surface area (Å²) >= 11 is 12.2. The molecule has 0 saturated carbocycles. The van der Waals surface area contributed by atoms with E-state index in [4.69, 9.17) is 27.9 Å². The fourth-order valence-electron chi connectivity index (χ4n) is 2.59. The van der Waals surface area contributed by atoms with Crippen LogP contribution in [0.15, 0.2) is 66.7 Å². The van der Waals surface area contributed by atoms with Gasteiger partial charge >= 0.3 is 0 Å². The highest BCUT2D eigenvalue weighted by Crippen LogP contribution is 2.27. The summed E-state index contributed by atoms with van der Waals surface area (Å²) < 4.78 is 5.73. The predicted octanol–water partition coefficient (Wildman–Crippen LogP) is 5.93. The predicted molar refractivity (Wildman–Crippen MR) is 116 cm³/mol. The van der Waals surface area contributed by atoms with Crippen molar-refractivity contribution in [1.82, 2.24) is 0 Å². The number of carbonyl (C=O) groups excluding carboxylic acids is 1. The Balaban J connectivity index is 1.59. The van der Waals surface area contributed by atoms with Crippen LogP contribution in [0.1, 0.15) is 11.1 Å². The van der Waals surface area contributed by atoms with Crippen LogP contribution in [0, 0.1) is 6.92 Å². The molecule has 0 aromatic heterocycles. The molecule has 0 fully saturated rings. The molecule has 0 spiro atoms. The van der Waals surface area contributed by atoms with Crippen molar-refractivity contribution in [3.05, 3.63) is 87.9 Å². The van der Waals surface area contributed by atoms with Crippen molar-refractivity contribution in [3.63, 3.8) is 0 Å². The van der Waals surface area contributed by atoms with Gasteiger partial charge in [0.1, 0.15) is 5.75 Å². The first-order chi connectivity index (χ1) is 13.5. The van der Waals surface area contributed by atoms with E-state index >= 15 is 0 Å². The number of halogens is 2. The highest BCUT2D eigenvalue weighted by molar-refractivity contribution is 6.35. The summed E-state index contributed by atoms with van der Waals surface area (Å²) in [5.41, 5.74) is 3.52. The van der Waals surface area contributed by atoms with Crippen LogP contribution in [0.2, 0.25) is 10.0 Å². The van der Waals surface area contributed by atoms with Crippen LogP contribution >= 0.6 is 23.2 Å². The summed E-state index contributed by atoms with van der Waals surface area (Å²) in [6.45, 7) is 2.40. The number of ether oxygens (including phenoxy) is 1. The van der Waals surface area contributed by atoms with Crippen molar-refractivity contribution in [2.75, 3.05) is 17.2 Å². The first kappa shape index (κ1) is 20.1. The van der Waals surface area contributed by atoms with Gasteiger partial charge in [0, 0.05) is 22.8 Å². The largest absolute Gasteiger partial charge is 0.483 e. The second kappa shape index (κ2) is 9.49. The number of amides is 1. The van der Waals surface area contributed by atoms with E-state index in [1.165, 1.54) is 0 Å². The first-order valence-electron chi connectivity index (χ1n) is 8.77. The van der Waals surface area contributed by atoms with E-state index < -0.39 is 0 Å². The Hall–Kier alpha value is -2.69. The third-order valence-electron chi connectivity index (χ3n) is 4.06. The molecule has 0 aliphatic heterocycles. The summed E-state index contributed by atoms with van der Waals surface area (Å²) in [4.78, 5) is 12.2. The van der Waals surface area contributed by atoms with Gasteiger partial charge in [0.2, 0.25) is 0 Å². The van der Waals surface area contributed by atoms with Crippen molar-refractivity contribution >= 4 is 40.5 Å². The molecular formula is C22H20Cl2N2O2. The average molecular weight is 415 g/mol. The minimum Gasteiger partial charge on any atom is -0.483 e. The van der Waals surface area contributed by atoms with Gasteiger partial charge in [-0.1, -0.05) is 59.1 Å². The van der Waals surface area contributed by atoms with Crippen molar-refractivity contribution in [1.29, 1.82) is 0 Å². The number of hydrogen-bond donors (Lipinski definition) is 2. The van der Waals surface area contributed by atoms with Crippen molar-refractivity contribution in [3.8, 4) is 5.75 Å². The highest BCUT2D eigenvalue weighted by Gasteiger charge is 2.08. The number of benzene rings is 3. The maximum absolute atomic E-state index is 12.2. The minimum absolute atomic E-state index is 0.0805. The van der Waals surface area contributed by atoms with Gasteiger partial charge in [-0.15, -0.1) is 0 Å². The maximum Gasteiger partial charge on any atom is 0.262 e. The van der Waals surface area contributed by atoms with Crippen molar-refractivity contribution < 1.29 is 9.53 Å². The van der Waals surface area contributed by atoms with E-state index in [1.807, 2.05) is 55.5 Å². The molecule has 0 aliphatic rings. The lowest BCUT2D eigenvalue weighted by molar-refractivity contribution is -0.118. The topological polar surface area (TPSA) is 50.4 Å². The lowest BCUT2D eigenvalue weighted by Gasteiger charge is -2.14. The van der Waals surface area contributed by atoms with Gasteiger partial charge in [-0.2, -0.15) is 0 Å². The summed E-state index contributed by atoms with van der Waals surface area (Å²) in [6.07, 6.45) is 0. The Morgan fingerprint density at radius 1 is 1.00 bits per heavy atom. The molecule has 0 unspecified atom stereocenters. The number of rotatable bonds is 7. The Bertz CT molecular complexity index is 959. The number of anilines is 2. The van der Waals surface area contributed by atoms with E-state index in [0.717, 1.165) is 22.5 Å². The van der Waals surface area contributed by atoms with Gasteiger partial charge in [-0.25, -0.2) is 0 Å². The highest BCUT2D eigenvalue weighted by atomic mass is 35.5. The molecule has 3 aromatic carbocycles. The Morgan fingerprint density at radius 3 is 2.54 bits per heavy atom. The van der Waals surface area contributed by atoms with Crippen molar-refractivity contribution in [2.45, 2.75) is 13.5 Å². The molecule has 0 bridgehead atoms. The van der Waals surface area contributed by atoms with Crippen LogP contribution < -0.4 is 15.4 Å². The van der Waals surface area contributed by atoms with Crippen LogP contribution in [-0.2, 0) is 11.3 Å². The van der Waals surface area contributed by atoms with Crippen LogP contribution in [-0.4, -0.2) is 12.5 Å². The number of aryl methyl sites for hydroxylation is 1. The second-order valence-corrected chi connectivity index (χ2v) is 7.13. The standard InChI is InChI=1S/C22H20Cl2N2O2/c1-15-6-9-18(10-7-15)26-22(27)14-28-21-5-3-2-4-16(21)13-25-20-12-17(23)8-11-19(20)24/h2-12,25H,13-14H2,1H3,(H,26,27). The van der Waals surface area contributed by atoms with E-state index in [9.17, 15) is 4.79 Å². The van der Waals surface area contributed by atoms with Gasteiger partial charge in [-0.05, 0) is 43.3 Å². The molecule has 6 heteroatoms. The summed E-state index contributed by atoms with van der Waals surface area (Å²) in [7, 11) is 0. The van der Waals surface area contributed by atoms with Gasteiger partial charge < -0.3 is 15.4 Å². The third-order valence-corrected chi connectivity index (χ3v) is 4.63. The lowest BCUT2D eigenvalue weighted by atomic mass is 10.2. The average Bonchev–Trinajstić information content (AvgIpc) is 2.69. The van der Waals surface area contributed by atoms with E-state index in [1.54, 1.807) is 18.2 Å². The van der Waals surface area contributed by atoms with Crippen LogP contribution in [0.5, 0.6) is 5.75 Å². The quantitative estimate of drug-likeness (QED) is 0.503. The number of carbonyl (C=O) groups is 1. The number of para-hydroxylation sites is 1. The van der Waals surface area contributed by atoms with Crippen molar-refractivity contribution in [2.24, 2.45) is 0 Å². The zero-order chi connectivity index (χ0) is 19.9. The molecule has 0 heterocycles. The number of hydrogen-bond acceptors (Lipinski definition) is 3. The molecule has 3 rings (SSSR count). The molecule has 144 valence electrons. The molecule has 2 N–H and O–H groups in total. The monoisotopic (exact) mass is 414 g/mol. The molecule has 0 atom stereocenters. The molecule has 0 aliphatic carbocycles. The van der Waals surface area contributed by atoms with Gasteiger partial charge in [-0.3, -0.25) is 4.79 Å².